The molecule has 1 fully saturated rings. The van der Waals surface area contributed by atoms with Crippen LogP contribution in [-0.2, 0) is 18.4 Å². The first-order valence-corrected chi connectivity index (χ1v) is 11.9. The topological polar surface area (TPSA) is 52.6 Å². The van der Waals surface area contributed by atoms with E-state index in [1.165, 1.54) is 16.3 Å². The Morgan fingerprint density at radius 1 is 1.27 bits per heavy atom. The summed E-state index contributed by atoms with van der Waals surface area (Å²) in [4.78, 5) is 11.8. The van der Waals surface area contributed by atoms with Crippen LogP contribution in [0.4, 0.5) is 0 Å². The molecule has 2 atom stereocenters. The molecule has 2 aromatic rings. The van der Waals surface area contributed by atoms with Crippen LogP contribution in [0.2, 0.25) is 0 Å². The van der Waals surface area contributed by atoms with E-state index in [2.05, 4.69) is 83.9 Å². The van der Waals surface area contributed by atoms with Crippen molar-refractivity contribution in [2.24, 2.45) is 4.99 Å². The standard InChI is InChI=1S/C24H37N5S/c1-18-15-20(12-14-29(18)16-19-9-7-6-8-10-19)27-23(25-5)26-13-11-22-28-21(17-30-22)24(2,3)4/h6-10,17-18,20H,11-16H2,1-5H3,(H2,25,26,27). The van der Waals surface area contributed by atoms with Gasteiger partial charge in [-0.2, -0.15) is 0 Å². The molecule has 6 heteroatoms. The molecule has 1 aliphatic heterocycles. The highest BCUT2D eigenvalue weighted by Crippen LogP contribution is 2.24. The Bertz CT molecular complexity index is 809. The molecule has 2 N–H and O–H groups in total. The Kier molecular flexibility index (Phi) is 7.89. The zero-order chi connectivity index (χ0) is 21.6. The molecule has 5 nitrogen and oxygen atoms in total. The van der Waals surface area contributed by atoms with E-state index in [1.54, 1.807) is 11.3 Å². The van der Waals surface area contributed by atoms with E-state index in [9.17, 15) is 0 Å². The Morgan fingerprint density at radius 3 is 2.67 bits per heavy atom. The molecule has 0 spiro atoms. The monoisotopic (exact) mass is 427 g/mol. The lowest BCUT2D eigenvalue weighted by atomic mass is 9.93. The Balaban J connectivity index is 1.42. The minimum Gasteiger partial charge on any atom is -0.356 e. The number of rotatable bonds is 6. The first-order chi connectivity index (χ1) is 14.3. The summed E-state index contributed by atoms with van der Waals surface area (Å²) in [6.45, 7) is 12.0. The van der Waals surface area contributed by atoms with E-state index in [4.69, 9.17) is 4.98 Å². The molecule has 0 saturated carbocycles. The third-order valence-electron chi connectivity index (χ3n) is 5.76. The number of likely N-dealkylation sites (tertiary alicyclic amines) is 1. The van der Waals surface area contributed by atoms with E-state index >= 15 is 0 Å². The van der Waals surface area contributed by atoms with Gasteiger partial charge in [-0.3, -0.25) is 9.89 Å². The van der Waals surface area contributed by atoms with Crippen LogP contribution in [0.15, 0.2) is 40.7 Å². The summed E-state index contributed by atoms with van der Waals surface area (Å²) >= 11 is 1.76. The van der Waals surface area contributed by atoms with Gasteiger partial charge in [0.15, 0.2) is 5.96 Å². The van der Waals surface area contributed by atoms with Gasteiger partial charge >= 0.3 is 0 Å². The fourth-order valence-electron chi connectivity index (χ4n) is 3.85. The first kappa shape index (κ1) is 22.8. The number of thiazole rings is 1. The zero-order valence-corrected chi connectivity index (χ0v) is 19.9. The van der Waals surface area contributed by atoms with Crippen LogP contribution in [0.25, 0.3) is 0 Å². The summed E-state index contributed by atoms with van der Waals surface area (Å²) in [5.41, 5.74) is 2.69. The molecule has 1 aliphatic rings. The van der Waals surface area contributed by atoms with Crippen molar-refractivity contribution in [3.63, 3.8) is 0 Å². The van der Waals surface area contributed by atoms with Crippen molar-refractivity contribution in [2.75, 3.05) is 20.1 Å². The van der Waals surface area contributed by atoms with Gasteiger partial charge in [-0.1, -0.05) is 51.1 Å². The number of piperidine rings is 1. The van der Waals surface area contributed by atoms with Crippen molar-refractivity contribution >= 4 is 17.3 Å². The highest BCUT2D eigenvalue weighted by Gasteiger charge is 2.26. The third kappa shape index (κ3) is 6.54. The van der Waals surface area contributed by atoms with Crippen LogP contribution in [0.1, 0.15) is 56.8 Å². The predicted molar refractivity (Wildman–Crippen MR) is 128 cm³/mol. The van der Waals surface area contributed by atoms with E-state index in [0.29, 0.717) is 12.1 Å². The maximum absolute atomic E-state index is 4.79. The molecule has 1 saturated heterocycles. The second-order valence-electron chi connectivity index (χ2n) is 9.30. The number of hydrogen-bond acceptors (Lipinski definition) is 4. The van der Waals surface area contributed by atoms with Crippen LogP contribution >= 0.6 is 11.3 Å². The SMILES string of the molecule is CN=C(NCCc1nc(C(C)(C)C)cs1)NC1CCN(Cc2ccccc2)C(C)C1. The lowest BCUT2D eigenvalue weighted by Crippen LogP contribution is -2.51. The number of guanidine groups is 1. The van der Waals surface area contributed by atoms with E-state index in [-0.39, 0.29) is 5.41 Å². The largest absolute Gasteiger partial charge is 0.356 e. The molecule has 0 bridgehead atoms. The highest BCUT2D eigenvalue weighted by molar-refractivity contribution is 7.09. The average Bonchev–Trinajstić information content (AvgIpc) is 3.19. The molecule has 2 unspecified atom stereocenters. The second kappa shape index (κ2) is 10.4. The molecular weight excluding hydrogens is 390 g/mol. The Hall–Kier alpha value is -1.92. The molecule has 0 aliphatic carbocycles. The number of nitrogens with one attached hydrogen (secondary N) is 2. The van der Waals surface area contributed by atoms with Gasteiger partial charge in [0.2, 0.25) is 0 Å². The smallest absolute Gasteiger partial charge is 0.191 e. The lowest BCUT2D eigenvalue weighted by molar-refractivity contribution is 0.134. The molecule has 0 radical (unpaired) electrons. The molecule has 164 valence electrons. The van der Waals surface area contributed by atoms with Gasteiger partial charge in [-0.05, 0) is 25.3 Å². The van der Waals surface area contributed by atoms with Crippen LogP contribution < -0.4 is 10.6 Å². The van der Waals surface area contributed by atoms with Crippen LogP contribution in [-0.4, -0.2) is 48.1 Å². The van der Waals surface area contributed by atoms with Crippen LogP contribution in [0, 0.1) is 0 Å². The van der Waals surface area contributed by atoms with Crippen molar-refractivity contribution in [2.45, 2.75) is 71.0 Å². The van der Waals surface area contributed by atoms with Crippen molar-refractivity contribution in [1.82, 2.24) is 20.5 Å². The molecule has 2 heterocycles. The molecule has 30 heavy (non-hydrogen) atoms. The molecule has 1 aromatic heterocycles. The van der Waals surface area contributed by atoms with E-state index in [1.807, 2.05) is 7.05 Å². The fourth-order valence-corrected chi connectivity index (χ4v) is 4.88. The van der Waals surface area contributed by atoms with Gasteiger partial charge in [0.05, 0.1) is 10.7 Å². The van der Waals surface area contributed by atoms with Gasteiger partial charge in [0, 0.05) is 56.0 Å². The van der Waals surface area contributed by atoms with Gasteiger partial charge < -0.3 is 10.6 Å². The first-order valence-electron chi connectivity index (χ1n) is 11.0. The predicted octanol–water partition coefficient (Wildman–Crippen LogP) is 4.20. The molecular formula is C24H37N5S. The zero-order valence-electron chi connectivity index (χ0n) is 19.1. The number of aromatic nitrogens is 1. The normalized spacial score (nSPS) is 20.9. The fraction of sp³-hybridized carbons (Fsp3) is 0.583. The minimum atomic E-state index is 0.117. The van der Waals surface area contributed by atoms with Crippen molar-refractivity contribution < 1.29 is 0 Å². The Labute approximate surface area is 186 Å². The third-order valence-corrected chi connectivity index (χ3v) is 6.67. The average molecular weight is 428 g/mol. The van der Waals surface area contributed by atoms with Crippen molar-refractivity contribution in [1.29, 1.82) is 0 Å². The number of benzene rings is 1. The summed E-state index contributed by atoms with van der Waals surface area (Å²) in [6, 6.07) is 11.8. The maximum Gasteiger partial charge on any atom is 0.191 e. The van der Waals surface area contributed by atoms with Crippen LogP contribution in [0.3, 0.4) is 0 Å². The van der Waals surface area contributed by atoms with Gasteiger partial charge in [0.1, 0.15) is 0 Å². The second-order valence-corrected chi connectivity index (χ2v) is 10.2. The molecule has 3 rings (SSSR count). The minimum absolute atomic E-state index is 0.117. The van der Waals surface area contributed by atoms with E-state index in [0.717, 1.165) is 44.9 Å². The van der Waals surface area contributed by atoms with E-state index < -0.39 is 0 Å². The summed E-state index contributed by atoms with van der Waals surface area (Å²) in [5, 5.41) is 10.5. The van der Waals surface area contributed by atoms with Gasteiger partial charge in [-0.15, -0.1) is 11.3 Å². The molecule has 1 aromatic carbocycles. The van der Waals surface area contributed by atoms with Crippen molar-refractivity contribution in [3.8, 4) is 0 Å². The number of aliphatic imine (C=N–C) groups is 1. The van der Waals surface area contributed by atoms with Gasteiger partial charge in [-0.25, -0.2) is 4.98 Å². The summed E-state index contributed by atoms with van der Waals surface area (Å²) < 4.78 is 0. The quantitative estimate of drug-likeness (QED) is 0.536. The lowest BCUT2D eigenvalue weighted by Gasteiger charge is -2.38. The Morgan fingerprint density at radius 2 is 2.03 bits per heavy atom. The number of nitrogens with zero attached hydrogens (tertiary/aromatic N) is 3. The molecule has 0 amide bonds. The maximum atomic E-state index is 4.79. The summed E-state index contributed by atoms with van der Waals surface area (Å²) in [7, 11) is 1.85. The summed E-state index contributed by atoms with van der Waals surface area (Å²) in [6.07, 6.45) is 3.20. The van der Waals surface area contributed by atoms with Crippen LogP contribution in [0.5, 0.6) is 0 Å². The number of hydrogen-bond donors (Lipinski definition) is 2. The summed E-state index contributed by atoms with van der Waals surface area (Å²) in [5.74, 6) is 0.899. The van der Waals surface area contributed by atoms with Gasteiger partial charge in [0.25, 0.3) is 0 Å². The van der Waals surface area contributed by atoms with Crippen molar-refractivity contribution in [3.05, 3.63) is 52.0 Å². The highest BCUT2D eigenvalue weighted by atomic mass is 32.1.